The van der Waals surface area contributed by atoms with Gasteiger partial charge in [0.15, 0.2) is 0 Å². The number of carbonyl (C=O) groups is 1. The van der Waals surface area contributed by atoms with Crippen molar-refractivity contribution >= 4 is 5.78 Å². The lowest BCUT2D eigenvalue weighted by Crippen LogP contribution is -2.58. The highest BCUT2D eigenvalue weighted by molar-refractivity contribution is 5.92. The predicted molar refractivity (Wildman–Crippen MR) is 109 cm³/mol. The Hall–Kier alpha value is -1.83. The van der Waals surface area contributed by atoms with Gasteiger partial charge >= 0.3 is 0 Å². The van der Waals surface area contributed by atoms with Crippen LogP contribution in [0.25, 0.3) is 0 Å². The van der Waals surface area contributed by atoms with Crippen LogP contribution in [-0.4, -0.2) is 34.8 Å². The fraction of sp³-hybridized carbons (Fsp3) is 0.625. The number of Topliss-reactive ketones (excluding diaryl/α,β-unsaturated/α-hetero) is 1. The molecule has 2 fully saturated rings. The molecule has 0 heterocycles. The Morgan fingerprint density at radius 3 is 2.75 bits per heavy atom. The molecule has 0 spiro atoms. The van der Waals surface area contributed by atoms with E-state index >= 15 is 0 Å². The van der Waals surface area contributed by atoms with Crippen molar-refractivity contribution in [2.75, 3.05) is 6.61 Å². The van der Waals surface area contributed by atoms with E-state index in [1.807, 2.05) is 30.3 Å². The van der Waals surface area contributed by atoms with Crippen LogP contribution in [0.2, 0.25) is 0 Å². The van der Waals surface area contributed by atoms with Crippen molar-refractivity contribution in [3.8, 4) is 17.6 Å². The highest BCUT2D eigenvalue weighted by atomic mass is 16.5. The van der Waals surface area contributed by atoms with Crippen LogP contribution in [0, 0.1) is 29.1 Å². The molecular formula is C24H32O4. The average molecular weight is 385 g/mol. The molecule has 0 amide bonds. The molecule has 152 valence electrons. The van der Waals surface area contributed by atoms with Gasteiger partial charge in [-0.15, -0.1) is 0 Å². The number of ketones is 1. The second kappa shape index (κ2) is 9.58. The Labute approximate surface area is 168 Å². The number of hydrogen-bond donors (Lipinski definition) is 2. The molecule has 0 bridgehead atoms. The topological polar surface area (TPSA) is 66.8 Å². The van der Waals surface area contributed by atoms with Gasteiger partial charge in [0.2, 0.25) is 0 Å². The molecular weight excluding hydrogens is 352 g/mol. The number of ether oxygens (including phenoxy) is 1. The lowest BCUT2D eigenvalue weighted by Gasteiger charge is -2.55. The zero-order valence-electron chi connectivity index (χ0n) is 16.8. The van der Waals surface area contributed by atoms with Crippen LogP contribution >= 0.6 is 0 Å². The van der Waals surface area contributed by atoms with Crippen molar-refractivity contribution in [1.82, 2.24) is 0 Å². The molecule has 4 nitrogen and oxygen atoms in total. The van der Waals surface area contributed by atoms with E-state index in [1.54, 1.807) is 0 Å². The summed E-state index contributed by atoms with van der Waals surface area (Å²) in [6, 6.07) is 9.32. The number of aliphatic hydroxyl groups is 2. The minimum Gasteiger partial charge on any atom is -0.490 e. The second-order valence-electron chi connectivity index (χ2n) is 8.26. The van der Waals surface area contributed by atoms with E-state index in [4.69, 9.17) is 4.74 Å². The van der Waals surface area contributed by atoms with Crippen LogP contribution in [0.1, 0.15) is 58.3 Å². The summed E-state index contributed by atoms with van der Waals surface area (Å²) in [4.78, 5) is 12.5. The first kappa shape index (κ1) is 20.9. The van der Waals surface area contributed by atoms with Crippen LogP contribution in [0.5, 0.6) is 5.75 Å². The summed E-state index contributed by atoms with van der Waals surface area (Å²) >= 11 is 0. The number of unbranched alkanes of at least 4 members (excludes halogenated alkanes) is 3. The minimum absolute atomic E-state index is 0.0889. The summed E-state index contributed by atoms with van der Waals surface area (Å²) in [7, 11) is 0. The Morgan fingerprint density at radius 2 is 2.04 bits per heavy atom. The van der Waals surface area contributed by atoms with E-state index in [2.05, 4.69) is 18.8 Å². The third-order valence-electron chi connectivity index (χ3n) is 6.45. The van der Waals surface area contributed by atoms with E-state index in [9.17, 15) is 15.0 Å². The van der Waals surface area contributed by atoms with Gasteiger partial charge in [-0.05, 0) is 37.3 Å². The Balaban J connectivity index is 1.59. The summed E-state index contributed by atoms with van der Waals surface area (Å²) < 4.78 is 5.54. The van der Waals surface area contributed by atoms with Gasteiger partial charge in [0.05, 0.1) is 12.0 Å². The van der Waals surface area contributed by atoms with Crippen molar-refractivity contribution in [3.05, 3.63) is 30.3 Å². The summed E-state index contributed by atoms with van der Waals surface area (Å²) in [5.74, 6) is 6.89. The average Bonchev–Trinajstić information content (AvgIpc) is 2.71. The molecule has 2 N–H and O–H groups in total. The van der Waals surface area contributed by atoms with Gasteiger partial charge in [-0.1, -0.05) is 62.6 Å². The SMILES string of the molecule is CCCCCC[C@@]12CC[C@H](O)[C@@H](C#C[C@H](O)COc3ccccc3)[C@@H]1CC2=O. The molecule has 0 aliphatic heterocycles. The van der Waals surface area contributed by atoms with Gasteiger partial charge in [-0.25, -0.2) is 0 Å². The van der Waals surface area contributed by atoms with E-state index in [1.165, 1.54) is 12.8 Å². The van der Waals surface area contributed by atoms with Crippen molar-refractivity contribution in [2.24, 2.45) is 17.3 Å². The minimum atomic E-state index is -0.913. The number of fused-ring (bicyclic) bond motifs is 1. The highest BCUT2D eigenvalue weighted by Gasteiger charge is 2.59. The number of rotatable bonds is 8. The Kier molecular flexibility index (Phi) is 7.15. The molecule has 28 heavy (non-hydrogen) atoms. The van der Waals surface area contributed by atoms with Gasteiger partial charge in [0.1, 0.15) is 24.2 Å². The number of benzene rings is 1. The molecule has 2 aliphatic rings. The largest absolute Gasteiger partial charge is 0.490 e. The third-order valence-corrected chi connectivity index (χ3v) is 6.45. The van der Waals surface area contributed by atoms with Crippen molar-refractivity contribution in [1.29, 1.82) is 0 Å². The van der Waals surface area contributed by atoms with Gasteiger partial charge in [0, 0.05) is 11.8 Å². The smallest absolute Gasteiger partial charge is 0.148 e. The first-order valence-corrected chi connectivity index (χ1v) is 10.6. The zero-order chi connectivity index (χ0) is 20.0. The monoisotopic (exact) mass is 384 g/mol. The maximum absolute atomic E-state index is 12.5. The summed E-state index contributed by atoms with van der Waals surface area (Å²) in [5.41, 5.74) is -0.280. The van der Waals surface area contributed by atoms with Crippen molar-refractivity contribution in [3.63, 3.8) is 0 Å². The normalized spacial score (nSPS) is 29.8. The Bertz CT molecular complexity index is 704. The predicted octanol–water partition coefficient (Wildman–Crippen LogP) is 3.75. The molecule has 0 saturated heterocycles. The summed E-state index contributed by atoms with van der Waals surface area (Å²) in [6.45, 7) is 2.27. The van der Waals surface area contributed by atoms with Gasteiger partial charge < -0.3 is 14.9 Å². The maximum Gasteiger partial charge on any atom is 0.148 e. The van der Waals surface area contributed by atoms with E-state index < -0.39 is 12.2 Å². The third kappa shape index (κ3) is 4.59. The van der Waals surface area contributed by atoms with Gasteiger partial charge in [-0.2, -0.15) is 0 Å². The molecule has 3 rings (SSSR count). The lowest BCUT2D eigenvalue weighted by atomic mass is 9.47. The standard InChI is InChI=1S/C24H32O4/c1-2-3-4-8-14-24-15-13-22(26)20(21(24)16-23(24)27)12-11-18(25)17-28-19-9-6-5-7-10-19/h5-7,9-10,18,20-22,25-26H,2-4,8,13-17H2,1H3/t18-,20-,21-,22-,24+/m0/s1. The van der Waals surface area contributed by atoms with Crippen LogP contribution in [0.3, 0.4) is 0 Å². The van der Waals surface area contributed by atoms with Crippen LogP contribution in [0.15, 0.2) is 30.3 Å². The number of carbonyl (C=O) groups excluding carboxylic acids is 1. The Morgan fingerprint density at radius 1 is 1.25 bits per heavy atom. The van der Waals surface area contributed by atoms with E-state index in [0.29, 0.717) is 24.4 Å². The summed E-state index contributed by atoms with van der Waals surface area (Å²) in [5, 5.41) is 20.7. The maximum atomic E-state index is 12.5. The number of hydrogen-bond acceptors (Lipinski definition) is 4. The zero-order valence-corrected chi connectivity index (χ0v) is 16.8. The number of aliphatic hydroxyl groups excluding tert-OH is 2. The van der Waals surface area contributed by atoms with Gasteiger partial charge in [-0.3, -0.25) is 4.79 Å². The molecule has 5 atom stereocenters. The first-order valence-electron chi connectivity index (χ1n) is 10.6. The summed E-state index contributed by atoms with van der Waals surface area (Å²) in [6.07, 6.45) is 6.01. The molecule has 2 saturated carbocycles. The van der Waals surface area contributed by atoms with Crippen molar-refractivity contribution in [2.45, 2.75) is 70.5 Å². The number of para-hydroxylation sites is 1. The van der Waals surface area contributed by atoms with Crippen LogP contribution in [0.4, 0.5) is 0 Å². The molecule has 0 aromatic heterocycles. The fourth-order valence-electron chi connectivity index (χ4n) is 4.76. The molecule has 0 radical (unpaired) electrons. The van der Waals surface area contributed by atoms with Crippen LogP contribution < -0.4 is 4.74 Å². The van der Waals surface area contributed by atoms with Crippen molar-refractivity contribution < 1.29 is 19.7 Å². The highest BCUT2D eigenvalue weighted by Crippen LogP contribution is 2.57. The first-order chi connectivity index (χ1) is 13.6. The fourth-order valence-corrected chi connectivity index (χ4v) is 4.76. The van der Waals surface area contributed by atoms with E-state index in [0.717, 1.165) is 25.7 Å². The molecule has 1 aromatic carbocycles. The molecule has 0 unspecified atom stereocenters. The molecule has 1 aromatic rings. The second-order valence-corrected chi connectivity index (χ2v) is 8.26. The van der Waals surface area contributed by atoms with Gasteiger partial charge in [0.25, 0.3) is 0 Å². The lowest BCUT2D eigenvalue weighted by molar-refractivity contribution is -0.161. The van der Waals surface area contributed by atoms with E-state index in [-0.39, 0.29) is 23.9 Å². The van der Waals surface area contributed by atoms with Crippen LogP contribution in [-0.2, 0) is 4.79 Å². The molecule has 4 heteroatoms. The quantitative estimate of drug-likeness (QED) is 0.529. The molecule has 2 aliphatic carbocycles.